The predicted molar refractivity (Wildman–Crippen MR) is 211 cm³/mol. The highest BCUT2D eigenvalue weighted by Crippen LogP contribution is 2.69. The molecule has 10 rings (SSSR count). The molecule has 56 heavy (non-hydrogen) atoms. The molecule has 1 aromatic heterocycles. The maximum Gasteiger partial charge on any atom is 0.322 e. The lowest BCUT2D eigenvalue weighted by atomic mass is 9.46. The monoisotopic (exact) mass is 760 g/mol. The van der Waals surface area contributed by atoms with Gasteiger partial charge >= 0.3 is 11.9 Å². The Balaban J connectivity index is 1.28. The average Bonchev–Trinajstić information content (AvgIpc) is 3.86. The summed E-state index contributed by atoms with van der Waals surface area (Å²) in [6.07, 6.45) is 8.15. The minimum absolute atomic E-state index is 0.0503. The summed E-state index contributed by atoms with van der Waals surface area (Å²) in [4.78, 5) is 54.0. The van der Waals surface area contributed by atoms with Crippen LogP contribution in [-0.2, 0) is 41.2 Å². The van der Waals surface area contributed by atoms with Crippen LogP contribution in [-0.4, -0.2) is 109 Å². The van der Waals surface area contributed by atoms with Crippen molar-refractivity contribution in [2.75, 3.05) is 52.3 Å². The van der Waals surface area contributed by atoms with Gasteiger partial charge in [-0.3, -0.25) is 24.2 Å². The summed E-state index contributed by atoms with van der Waals surface area (Å²) >= 11 is 0. The van der Waals surface area contributed by atoms with Crippen molar-refractivity contribution in [3.05, 3.63) is 82.6 Å². The molecule has 10 atom stereocenters. The SMILES string of the molecule is CCC1=C[C@H]2CN(C1)Cc1c([nH]c3ccccc13)C(C(=O)OC)(c1cc3c(cc1OC)N(C)[C@H]1[C@@]4(O)C(=O)C(C)C(=O)O[C@@H]4[C@@]4(CC)C=CCN5CC[C@]31[C@H]54)C2. The number of likely N-dealkylation sites (N-methyl/N-ethyl adjacent to an activating group) is 1. The molecule has 3 fully saturated rings. The van der Waals surface area contributed by atoms with Crippen molar-refractivity contribution in [3.8, 4) is 5.75 Å². The van der Waals surface area contributed by atoms with Gasteiger partial charge in [0, 0.05) is 84.0 Å². The van der Waals surface area contributed by atoms with Gasteiger partial charge < -0.3 is 29.2 Å². The van der Waals surface area contributed by atoms with Crippen molar-refractivity contribution >= 4 is 34.3 Å². The van der Waals surface area contributed by atoms with Crippen molar-refractivity contribution in [2.24, 2.45) is 17.3 Å². The largest absolute Gasteiger partial charge is 0.496 e. The van der Waals surface area contributed by atoms with E-state index in [4.69, 9.17) is 14.2 Å². The molecule has 1 spiro atoms. The summed E-state index contributed by atoms with van der Waals surface area (Å²) in [5, 5.41) is 14.4. The number of rotatable bonds is 5. The molecule has 2 aromatic carbocycles. The molecular weight excluding hydrogens is 709 g/mol. The Labute approximate surface area is 327 Å². The Morgan fingerprint density at radius 1 is 1.09 bits per heavy atom. The Morgan fingerprint density at radius 2 is 1.89 bits per heavy atom. The standard InChI is InChI=1S/C45H52N4O7/c1-7-26-18-27-21-44(41(52)55-6,35-29(24-48(22-26)23-27)28-12-9-10-13-32(28)46-35)31-19-30-33(20-34(31)54-5)47(4)39-43(30)15-17-49-16-11-14-42(8-2,38(43)49)40-45(39,53)36(50)25(3)37(51)56-40/h9-14,18-20,25,27,38-40,46,53H,7-8,15-17,21-24H2,1-6H3/t25?,27-,38-,39-,40-,42+,43-,44?,45+/m1/s1. The van der Waals surface area contributed by atoms with Gasteiger partial charge in [0.15, 0.2) is 17.5 Å². The van der Waals surface area contributed by atoms with Crippen LogP contribution in [0.15, 0.2) is 60.2 Å². The first-order valence-electron chi connectivity index (χ1n) is 20.4. The first kappa shape index (κ1) is 35.9. The molecule has 3 unspecified atom stereocenters. The number of Topliss-reactive ketones (excluding diaryl/α,β-unsaturated/α-hetero) is 1. The first-order chi connectivity index (χ1) is 26.9. The van der Waals surface area contributed by atoms with Crippen molar-refractivity contribution in [2.45, 2.75) is 87.6 Å². The molecule has 3 aromatic rings. The van der Waals surface area contributed by atoms with Crippen molar-refractivity contribution < 1.29 is 33.7 Å². The van der Waals surface area contributed by atoms with Crippen LogP contribution in [0, 0.1) is 17.3 Å². The van der Waals surface area contributed by atoms with E-state index in [9.17, 15) is 14.7 Å². The Bertz CT molecular complexity index is 2280. The van der Waals surface area contributed by atoms with E-state index < -0.39 is 51.7 Å². The first-order valence-corrected chi connectivity index (χ1v) is 20.4. The molecule has 0 amide bonds. The zero-order valence-electron chi connectivity index (χ0n) is 33.2. The molecule has 0 radical (unpaired) electrons. The van der Waals surface area contributed by atoms with E-state index in [-0.39, 0.29) is 17.9 Å². The Kier molecular flexibility index (Phi) is 7.72. The number of hydrogen-bond donors (Lipinski definition) is 2. The normalized spacial score (nSPS) is 38.1. The number of anilines is 1. The minimum atomic E-state index is -2.00. The molecule has 2 bridgehead atoms. The van der Waals surface area contributed by atoms with Crippen LogP contribution in [0.2, 0.25) is 0 Å². The highest BCUT2D eigenvalue weighted by Gasteiger charge is 2.81. The van der Waals surface area contributed by atoms with Crippen LogP contribution in [0.5, 0.6) is 5.75 Å². The summed E-state index contributed by atoms with van der Waals surface area (Å²) in [5.41, 5.74) is 1.81. The number of esters is 2. The maximum atomic E-state index is 15.2. The number of nitrogens with zero attached hydrogens (tertiary/aromatic N) is 3. The van der Waals surface area contributed by atoms with E-state index >= 15 is 4.79 Å². The average molecular weight is 761 g/mol. The molecule has 7 aliphatic rings. The van der Waals surface area contributed by atoms with E-state index in [0.717, 1.165) is 59.5 Å². The number of aliphatic hydroxyl groups is 1. The fourth-order valence-corrected chi connectivity index (χ4v) is 13.2. The van der Waals surface area contributed by atoms with Gasteiger partial charge in [0.2, 0.25) is 0 Å². The third kappa shape index (κ3) is 4.16. The molecule has 2 N–H and O–H groups in total. The van der Waals surface area contributed by atoms with Crippen LogP contribution in [0.1, 0.15) is 68.8 Å². The van der Waals surface area contributed by atoms with E-state index in [1.807, 2.05) is 30.1 Å². The van der Waals surface area contributed by atoms with Crippen LogP contribution in [0.25, 0.3) is 10.9 Å². The number of ether oxygens (including phenoxy) is 3. The molecule has 7 heterocycles. The highest BCUT2D eigenvalue weighted by molar-refractivity contribution is 6.07. The predicted octanol–water partition coefficient (Wildman–Crippen LogP) is 4.78. The summed E-state index contributed by atoms with van der Waals surface area (Å²) < 4.78 is 18.6. The zero-order valence-corrected chi connectivity index (χ0v) is 33.2. The number of para-hydroxylation sites is 1. The van der Waals surface area contributed by atoms with E-state index in [0.29, 0.717) is 43.7 Å². The van der Waals surface area contributed by atoms with Crippen molar-refractivity contribution in [1.29, 1.82) is 0 Å². The van der Waals surface area contributed by atoms with E-state index in [2.05, 4.69) is 65.1 Å². The zero-order chi connectivity index (χ0) is 39.1. The van der Waals surface area contributed by atoms with Gasteiger partial charge in [-0.05, 0) is 68.3 Å². The number of carbonyl (C=O) groups excluding carboxylic acids is 3. The number of carbonyl (C=O) groups is 3. The number of aromatic nitrogens is 1. The van der Waals surface area contributed by atoms with Gasteiger partial charge in [-0.25, -0.2) is 0 Å². The second-order valence-electron chi connectivity index (χ2n) is 17.6. The third-order valence-corrected chi connectivity index (χ3v) is 15.3. The quantitative estimate of drug-likeness (QED) is 0.214. The minimum Gasteiger partial charge on any atom is -0.496 e. The van der Waals surface area contributed by atoms with Crippen LogP contribution in [0.4, 0.5) is 5.69 Å². The van der Waals surface area contributed by atoms with Crippen LogP contribution in [0.3, 0.4) is 0 Å². The van der Waals surface area contributed by atoms with Gasteiger partial charge in [0.25, 0.3) is 0 Å². The number of nitrogens with one attached hydrogen (secondary N) is 1. The second-order valence-corrected chi connectivity index (χ2v) is 17.6. The molecule has 11 heteroatoms. The van der Waals surface area contributed by atoms with Crippen molar-refractivity contribution in [1.82, 2.24) is 14.8 Å². The highest BCUT2D eigenvalue weighted by atomic mass is 16.6. The number of hydrogen-bond acceptors (Lipinski definition) is 10. The van der Waals surface area contributed by atoms with E-state index in [1.165, 1.54) is 12.7 Å². The Hall–Kier alpha value is -4.45. The van der Waals surface area contributed by atoms with Gasteiger partial charge in [0.05, 0.1) is 20.3 Å². The lowest BCUT2D eigenvalue weighted by Crippen LogP contribution is -2.83. The van der Waals surface area contributed by atoms with Gasteiger partial charge in [-0.1, -0.05) is 55.8 Å². The smallest absolute Gasteiger partial charge is 0.322 e. The van der Waals surface area contributed by atoms with Crippen LogP contribution < -0.4 is 9.64 Å². The van der Waals surface area contributed by atoms with Gasteiger partial charge in [0.1, 0.15) is 17.1 Å². The van der Waals surface area contributed by atoms with Crippen LogP contribution >= 0.6 is 0 Å². The summed E-state index contributed by atoms with van der Waals surface area (Å²) in [5.74, 6) is -1.97. The molecule has 1 aliphatic carbocycles. The molecule has 6 aliphatic heterocycles. The lowest BCUT2D eigenvalue weighted by molar-refractivity contribution is -0.234. The van der Waals surface area contributed by atoms with E-state index in [1.54, 1.807) is 14.0 Å². The Morgan fingerprint density at radius 3 is 2.64 bits per heavy atom. The third-order valence-electron chi connectivity index (χ3n) is 15.3. The number of benzene rings is 2. The molecular formula is C45H52N4O7. The maximum absolute atomic E-state index is 15.2. The fraction of sp³-hybridized carbons (Fsp3) is 0.533. The molecule has 11 nitrogen and oxygen atoms in total. The number of methoxy groups -OCH3 is 2. The molecule has 1 saturated carbocycles. The lowest BCUT2D eigenvalue weighted by Gasteiger charge is -2.65. The number of H-pyrrole nitrogens is 1. The topological polar surface area (TPSA) is 125 Å². The summed E-state index contributed by atoms with van der Waals surface area (Å²) in [6, 6.07) is 11.5. The number of aromatic amines is 1. The fourth-order valence-electron chi connectivity index (χ4n) is 13.2. The number of fused-ring (bicyclic) bond motifs is 9. The molecule has 294 valence electrons. The molecule has 2 saturated heterocycles. The summed E-state index contributed by atoms with van der Waals surface area (Å²) in [6.45, 7) is 9.62. The number of ketones is 1. The summed E-state index contributed by atoms with van der Waals surface area (Å²) in [7, 11) is 5.06. The second kappa shape index (κ2) is 12.0. The van der Waals surface area contributed by atoms with Crippen molar-refractivity contribution in [3.63, 3.8) is 0 Å². The van der Waals surface area contributed by atoms with Gasteiger partial charge in [-0.2, -0.15) is 0 Å². The van der Waals surface area contributed by atoms with Gasteiger partial charge in [-0.15, -0.1) is 0 Å².